The zero-order valence-electron chi connectivity index (χ0n) is 13.9. The first-order chi connectivity index (χ1) is 11.5. The SMILES string of the molecule is CCOC(=O)C1=Cc2cc(Cl)c(C(C)(C)CO)cc2OC1C(F)(F)F. The number of hydrogen-bond donors (Lipinski definition) is 1. The molecule has 1 heterocycles. The van der Waals surface area contributed by atoms with Gasteiger partial charge in [0.1, 0.15) is 5.75 Å². The summed E-state index contributed by atoms with van der Waals surface area (Å²) >= 11 is 6.20. The summed E-state index contributed by atoms with van der Waals surface area (Å²) in [4.78, 5) is 11.9. The Morgan fingerprint density at radius 1 is 1.36 bits per heavy atom. The van der Waals surface area contributed by atoms with Crippen LogP contribution in [-0.2, 0) is 14.9 Å². The van der Waals surface area contributed by atoms with Gasteiger partial charge in [0.15, 0.2) is 0 Å². The number of rotatable bonds is 4. The molecule has 0 amide bonds. The predicted octanol–water partition coefficient (Wildman–Crippen LogP) is 3.88. The van der Waals surface area contributed by atoms with Gasteiger partial charge in [0.25, 0.3) is 0 Å². The number of aliphatic hydroxyl groups excluding tert-OH is 1. The molecule has 1 aliphatic heterocycles. The number of benzene rings is 1. The fourth-order valence-corrected chi connectivity index (χ4v) is 2.87. The van der Waals surface area contributed by atoms with Gasteiger partial charge < -0.3 is 14.6 Å². The molecule has 4 nitrogen and oxygen atoms in total. The Balaban J connectivity index is 2.58. The lowest BCUT2D eigenvalue weighted by atomic mass is 9.84. The molecular formula is C17H18ClF3O4. The average molecular weight is 379 g/mol. The van der Waals surface area contributed by atoms with E-state index in [1.165, 1.54) is 19.1 Å². The number of carbonyl (C=O) groups excluding carboxylic acids is 1. The van der Waals surface area contributed by atoms with Gasteiger partial charge in [-0.3, -0.25) is 0 Å². The molecule has 1 aromatic rings. The summed E-state index contributed by atoms with van der Waals surface area (Å²) in [6.07, 6.45) is -6.13. The van der Waals surface area contributed by atoms with Crippen LogP contribution in [0.15, 0.2) is 17.7 Å². The van der Waals surface area contributed by atoms with E-state index in [4.69, 9.17) is 21.1 Å². The van der Waals surface area contributed by atoms with Gasteiger partial charge in [-0.2, -0.15) is 13.2 Å². The van der Waals surface area contributed by atoms with Crippen molar-refractivity contribution in [3.8, 4) is 5.75 Å². The molecule has 1 unspecified atom stereocenters. The summed E-state index contributed by atoms with van der Waals surface area (Å²) in [6, 6.07) is 2.78. The van der Waals surface area contributed by atoms with Crippen molar-refractivity contribution in [3.05, 3.63) is 33.9 Å². The van der Waals surface area contributed by atoms with E-state index >= 15 is 0 Å². The summed E-state index contributed by atoms with van der Waals surface area (Å²) in [6.45, 7) is 4.59. The van der Waals surface area contributed by atoms with Crippen LogP contribution in [0.4, 0.5) is 13.2 Å². The second kappa shape index (κ2) is 6.88. The molecule has 0 saturated heterocycles. The van der Waals surface area contributed by atoms with Crippen molar-refractivity contribution in [2.75, 3.05) is 13.2 Å². The van der Waals surface area contributed by atoms with Crippen LogP contribution in [0.25, 0.3) is 6.08 Å². The lowest BCUT2D eigenvalue weighted by Crippen LogP contribution is -2.41. The van der Waals surface area contributed by atoms with E-state index in [1.807, 2.05) is 0 Å². The minimum atomic E-state index is -4.79. The largest absolute Gasteiger partial charge is 0.475 e. The molecule has 1 aromatic carbocycles. The molecule has 0 saturated carbocycles. The van der Waals surface area contributed by atoms with Gasteiger partial charge in [-0.1, -0.05) is 25.4 Å². The van der Waals surface area contributed by atoms with Crippen LogP contribution < -0.4 is 4.74 Å². The van der Waals surface area contributed by atoms with Gasteiger partial charge in [-0.15, -0.1) is 0 Å². The number of fused-ring (bicyclic) bond motifs is 1. The summed E-state index contributed by atoms with van der Waals surface area (Å²) in [7, 11) is 0. The van der Waals surface area contributed by atoms with E-state index in [0.29, 0.717) is 5.56 Å². The zero-order chi connectivity index (χ0) is 19.0. The van der Waals surface area contributed by atoms with Crippen LogP contribution in [0, 0.1) is 0 Å². The van der Waals surface area contributed by atoms with Gasteiger partial charge in [-0.05, 0) is 30.7 Å². The summed E-state index contributed by atoms with van der Waals surface area (Å²) < 4.78 is 49.8. The summed E-state index contributed by atoms with van der Waals surface area (Å²) in [5.74, 6) is -1.15. The van der Waals surface area contributed by atoms with Crippen LogP contribution in [0.3, 0.4) is 0 Å². The molecule has 138 valence electrons. The highest BCUT2D eigenvalue weighted by molar-refractivity contribution is 6.31. The van der Waals surface area contributed by atoms with E-state index in [-0.39, 0.29) is 29.5 Å². The van der Waals surface area contributed by atoms with Gasteiger partial charge in [-0.25, -0.2) is 4.79 Å². The predicted molar refractivity (Wildman–Crippen MR) is 86.6 cm³/mol. The minimum Gasteiger partial charge on any atom is -0.475 e. The lowest BCUT2D eigenvalue weighted by molar-refractivity contribution is -0.187. The first-order valence-corrected chi connectivity index (χ1v) is 7.96. The maximum atomic E-state index is 13.3. The van der Waals surface area contributed by atoms with Crippen molar-refractivity contribution in [2.24, 2.45) is 0 Å². The summed E-state index contributed by atoms with van der Waals surface area (Å²) in [5.41, 5.74) is -0.712. The Bertz CT molecular complexity index is 711. The molecule has 25 heavy (non-hydrogen) atoms. The van der Waals surface area contributed by atoms with Crippen LogP contribution in [0.5, 0.6) is 5.75 Å². The highest BCUT2D eigenvalue weighted by Gasteiger charge is 2.49. The minimum absolute atomic E-state index is 0.0575. The van der Waals surface area contributed by atoms with Crippen molar-refractivity contribution in [2.45, 2.75) is 38.5 Å². The highest BCUT2D eigenvalue weighted by atomic mass is 35.5. The summed E-state index contributed by atoms with van der Waals surface area (Å²) in [5, 5.41) is 9.73. The number of aliphatic hydroxyl groups is 1. The van der Waals surface area contributed by atoms with Gasteiger partial charge >= 0.3 is 12.1 Å². The number of esters is 1. The Morgan fingerprint density at radius 2 is 2.00 bits per heavy atom. The number of alkyl halides is 3. The monoisotopic (exact) mass is 378 g/mol. The topological polar surface area (TPSA) is 55.8 Å². The van der Waals surface area contributed by atoms with Gasteiger partial charge in [0.05, 0.1) is 18.8 Å². The molecule has 1 N–H and O–H groups in total. The van der Waals surface area contributed by atoms with Crippen molar-refractivity contribution in [3.63, 3.8) is 0 Å². The molecule has 0 bridgehead atoms. The van der Waals surface area contributed by atoms with E-state index < -0.39 is 29.2 Å². The second-order valence-electron chi connectivity index (χ2n) is 6.27. The number of hydrogen-bond acceptors (Lipinski definition) is 4. The Kier molecular flexibility index (Phi) is 5.39. The van der Waals surface area contributed by atoms with E-state index in [1.54, 1.807) is 13.8 Å². The molecule has 1 aliphatic rings. The Labute approximate surface area is 148 Å². The standard InChI is InChI=1S/C17H18ClF3O4/c1-4-24-15(23)10-5-9-6-12(18)11(16(2,3)8-22)7-13(9)25-14(10)17(19,20)21/h5-7,14,22H,4,8H2,1-3H3. The maximum absolute atomic E-state index is 13.3. The molecule has 8 heteroatoms. The first-order valence-electron chi connectivity index (χ1n) is 7.58. The second-order valence-corrected chi connectivity index (χ2v) is 6.68. The van der Waals surface area contributed by atoms with Crippen molar-refractivity contribution < 1.29 is 32.5 Å². The molecule has 0 aliphatic carbocycles. The van der Waals surface area contributed by atoms with E-state index in [9.17, 15) is 23.1 Å². The average Bonchev–Trinajstić information content (AvgIpc) is 2.52. The smallest absolute Gasteiger partial charge is 0.430 e. The first kappa shape index (κ1) is 19.6. The van der Waals surface area contributed by atoms with Crippen molar-refractivity contribution in [1.82, 2.24) is 0 Å². The number of carbonyl (C=O) groups is 1. The Morgan fingerprint density at radius 3 is 2.52 bits per heavy atom. The molecule has 0 spiro atoms. The van der Waals surface area contributed by atoms with Crippen LogP contribution >= 0.6 is 11.6 Å². The van der Waals surface area contributed by atoms with Gasteiger partial charge in [0.2, 0.25) is 6.10 Å². The maximum Gasteiger partial charge on any atom is 0.430 e. The fourth-order valence-electron chi connectivity index (χ4n) is 2.44. The normalized spacial score (nSPS) is 17.4. The third-order valence-electron chi connectivity index (χ3n) is 3.87. The molecule has 1 atom stereocenters. The molecule has 2 rings (SSSR count). The fraction of sp³-hybridized carbons (Fsp3) is 0.471. The van der Waals surface area contributed by atoms with Crippen molar-refractivity contribution in [1.29, 1.82) is 0 Å². The molecule has 0 radical (unpaired) electrons. The molecular weight excluding hydrogens is 361 g/mol. The van der Waals surface area contributed by atoms with E-state index in [0.717, 1.165) is 6.08 Å². The third kappa shape index (κ3) is 3.93. The third-order valence-corrected chi connectivity index (χ3v) is 4.18. The Hall–Kier alpha value is -1.73. The van der Waals surface area contributed by atoms with Crippen molar-refractivity contribution >= 4 is 23.6 Å². The van der Waals surface area contributed by atoms with E-state index in [2.05, 4.69) is 0 Å². The van der Waals surface area contributed by atoms with Crippen LogP contribution in [0.1, 0.15) is 31.9 Å². The van der Waals surface area contributed by atoms with Crippen LogP contribution in [0.2, 0.25) is 5.02 Å². The number of ether oxygens (including phenoxy) is 2. The van der Waals surface area contributed by atoms with Crippen LogP contribution in [-0.4, -0.2) is 36.6 Å². The quantitative estimate of drug-likeness (QED) is 0.808. The number of halogens is 4. The zero-order valence-corrected chi connectivity index (χ0v) is 14.7. The van der Waals surface area contributed by atoms with Gasteiger partial charge in [0, 0.05) is 16.0 Å². The molecule has 0 aromatic heterocycles. The molecule has 0 fully saturated rings. The highest BCUT2D eigenvalue weighted by Crippen LogP contribution is 2.42. The lowest BCUT2D eigenvalue weighted by Gasteiger charge is -2.30.